The lowest BCUT2D eigenvalue weighted by atomic mass is 10.1. The van der Waals surface area contributed by atoms with Gasteiger partial charge < -0.3 is 10.2 Å². The van der Waals surface area contributed by atoms with Gasteiger partial charge in [-0.15, -0.1) is 0 Å². The third kappa shape index (κ3) is 4.58. The predicted molar refractivity (Wildman–Crippen MR) is 91.5 cm³/mol. The van der Waals surface area contributed by atoms with Crippen LogP contribution in [0.25, 0.3) is 0 Å². The number of nitrogens with one attached hydrogen (secondary N) is 2. The molecule has 0 heterocycles. The van der Waals surface area contributed by atoms with Crippen molar-refractivity contribution in [3.05, 3.63) is 64.2 Å². The van der Waals surface area contributed by atoms with Gasteiger partial charge in [0.1, 0.15) is 6.54 Å². The van der Waals surface area contributed by atoms with Crippen LogP contribution < -0.4 is 10.2 Å². The lowest BCUT2D eigenvalue weighted by Gasteiger charge is -2.15. The second-order valence-corrected chi connectivity index (χ2v) is 6.18. The summed E-state index contributed by atoms with van der Waals surface area (Å²) in [6.07, 6.45) is 0. The molecule has 0 aliphatic carbocycles. The zero-order valence-electron chi connectivity index (χ0n) is 13.2. The van der Waals surface area contributed by atoms with E-state index in [2.05, 4.69) is 11.4 Å². The summed E-state index contributed by atoms with van der Waals surface area (Å²) in [5, 5.41) is 3.72. The number of carbonyl (C=O) groups excluding carboxylic acids is 1. The van der Waals surface area contributed by atoms with Gasteiger partial charge in [0.2, 0.25) is 0 Å². The highest BCUT2D eigenvalue weighted by atomic mass is 35.5. The first kappa shape index (κ1) is 16.5. The molecule has 0 spiro atoms. The molecule has 22 heavy (non-hydrogen) atoms. The molecule has 0 aromatic heterocycles. The number of quaternary nitrogens is 1. The minimum absolute atomic E-state index is 0.0107. The summed E-state index contributed by atoms with van der Waals surface area (Å²) >= 11 is 6.16. The summed E-state index contributed by atoms with van der Waals surface area (Å²) in [6.45, 7) is 5.17. The van der Waals surface area contributed by atoms with Gasteiger partial charge in [0.05, 0.1) is 7.05 Å². The van der Waals surface area contributed by atoms with E-state index in [9.17, 15) is 4.79 Å². The molecular formula is C18H22ClN2O+. The lowest BCUT2D eigenvalue weighted by Crippen LogP contribution is -3.08. The number of amides is 1. The Hall–Kier alpha value is -1.84. The van der Waals surface area contributed by atoms with Gasteiger partial charge in [-0.25, -0.2) is 0 Å². The van der Waals surface area contributed by atoms with Crippen LogP contribution in [0.3, 0.4) is 0 Å². The van der Waals surface area contributed by atoms with E-state index in [4.69, 9.17) is 11.6 Å². The number of aryl methyl sites for hydroxylation is 2. The third-order valence-corrected chi connectivity index (χ3v) is 3.94. The molecule has 2 aromatic rings. The quantitative estimate of drug-likeness (QED) is 0.873. The average Bonchev–Trinajstić information content (AvgIpc) is 2.44. The SMILES string of the molecule is Cc1ccc(NC(=O)C[NH+](C)Cc2ccccc2Cl)c(C)c1. The monoisotopic (exact) mass is 317 g/mol. The van der Waals surface area contributed by atoms with Crippen LogP contribution in [0.15, 0.2) is 42.5 Å². The zero-order valence-corrected chi connectivity index (χ0v) is 14.0. The number of halogens is 1. The van der Waals surface area contributed by atoms with Gasteiger partial charge >= 0.3 is 0 Å². The Morgan fingerprint density at radius 2 is 1.91 bits per heavy atom. The molecule has 4 heteroatoms. The van der Waals surface area contributed by atoms with Crippen LogP contribution in [0.2, 0.25) is 5.02 Å². The van der Waals surface area contributed by atoms with E-state index in [1.165, 1.54) is 5.56 Å². The van der Waals surface area contributed by atoms with E-state index in [1.807, 2.05) is 57.3 Å². The summed E-state index contributed by atoms with van der Waals surface area (Å²) in [4.78, 5) is 13.3. The molecule has 2 aromatic carbocycles. The number of likely N-dealkylation sites (N-methyl/N-ethyl adjacent to an activating group) is 1. The molecule has 2 N–H and O–H groups in total. The summed E-state index contributed by atoms with van der Waals surface area (Å²) < 4.78 is 0. The molecule has 0 saturated carbocycles. The van der Waals surface area contributed by atoms with Crippen molar-refractivity contribution in [2.45, 2.75) is 20.4 Å². The van der Waals surface area contributed by atoms with Crippen LogP contribution in [0.1, 0.15) is 16.7 Å². The largest absolute Gasteiger partial charge is 0.326 e. The van der Waals surface area contributed by atoms with Crippen molar-refractivity contribution >= 4 is 23.2 Å². The molecule has 0 bridgehead atoms. The summed E-state index contributed by atoms with van der Waals surface area (Å²) in [7, 11) is 1.99. The number of hydrogen-bond donors (Lipinski definition) is 2. The van der Waals surface area contributed by atoms with Crippen molar-refractivity contribution in [2.75, 3.05) is 18.9 Å². The highest BCUT2D eigenvalue weighted by Crippen LogP contribution is 2.15. The average molecular weight is 318 g/mol. The van der Waals surface area contributed by atoms with Gasteiger partial charge in [-0.2, -0.15) is 0 Å². The fraction of sp³-hybridized carbons (Fsp3) is 0.278. The van der Waals surface area contributed by atoms with Crippen molar-refractivity contribution < 1.29 is 9.69 Å². The Kier molecular flexibility index (Phi) is 5.58. The van der Waals surface area contributed by atoms with E-state index >= 15 is 0 Å². The van der Waals surface area contributed by atoms with Gasteiger partial charge in [-0.3, -0.25) is 4.79 Å². The van der Waals surface area contributed by atoms with Gasteiger partial charge in [0, 0.05) is 16.3 Å². The maximum absolute atomic E-state index is 12.2. The third-order valence-electron chi connectivity index (χ3n) is 3.57. The van der Waals surface area contributed by atoms with Crippen molar-refractivity contribution in [3.8, 4) is 0 Å². The highest BCUT2D eigenvalue weighted by molar-refractivity contribution is 6.31. The van der Waals surface area contributed by atoms with Crippen LogP contribution in [-0.4, -0.2) is 19.5 Å². The normalized spacial score (nSPS) is 12.0. The molecule has 3 nitrogen and oxygen atoms in total. The van der Waals surface area contributed by atoms with Gasteiger partial charge in [-0.1, -0.05) is 47.5 Å². The first-order valence-corrected chi connectivity index (χ1v) is 7.75. The Morgan fingerprint density at radius 1 is 1.18 bits per heavy atom. The highest BCUT2D eigenvalue weighted by Gasteiger charge is 2.13. The van der Waals surface area contributed by atoms with Gasteiger partial charge in [0.25, 0.3) is 5.91 Å². The van der Waals surface area contributed by atoms with Crippen molar-refractivity contribution in [1.29, 1.82) is 0 Å². The number of hydrogen-bond acceptors (Lipinski definition) is 1. The summed E-state index contributed by atoms with van der Waals surface area (Å²) in [6, 6.07) is 13.8. The molecule has 0 aliphatic rings. The molecule has 0 aliphatic heterocycles. The Labute approximate surface area is 136 Å². The predicted octanol–water partition coefficient (Wildman–Crippen LogP) is 2.61. The summed E-state index contributed by atoms with van der Waals surface area (Å²) in [5.41, 5.74) is 4.20. The van der Waals surface area contributed by atoms with E-state index in [0.717, 1.165) is 33.3 Å². The number of carbonyl (C=O) groups is 1. The standard InChI is InChI=1S/C18H21ClN2O/c1-13-8-9-17(14(2)10-13)20-18(22)12-21(3)11-15-6-4-5-7-16(15)19/h4-10H,11-12H2,1-3H3,(H,20,22)/p+1. The Bertz CT molecular complexity index is 670. The van der Waals surface area contributed by atoms with Crippen LogP contribution >= 0.6 is 11.6 Å². The van der Waals surface area contributed by atoms with Crippen LogP contribution in [0, 0.1) is 13.8 Å². The van der Waals surface area contributed by atoms with Crippen LogP contribution in [-0.2, 0) is 11.3 Å². The van der Waals surface area contributed by atoms with Crippen molar-refractivity contribution in [2.24, 2.45) is 0 Å². The topological polar surface area (TPSA) is 33.5 Å². The molecule has 2 rings (SSSR count). The van der Waals surface area contributed by atoms with Crippen LogP contribution in [0.5, 0.6) is 0 Å². The molecule has 0 saturated heterocycles. The maximum Gasteiger partial charge on any atom is 0.279 e. The van der Waals surface area contributed by atoms with Crippen molar-refractivity contribution in [1.82, 2.24) is 0 Å². The van der Waals surface area contributed by atoms with Crippen molar-refractivity contribution in [3.63, 3.8) is 0 Å². The smallest absolute Gasteiger partial charge is 0.279 e. The van der Waals surface area contributed by atoms with Crippen LogP contribution in [0.4, 0.5) is 5.69 Å². The Balaban J connectivity index is 1.93. The fourth-order valence-electron chi connectivity index (χ4n) is 2.45. The molecule has 0 fully saturated rings. The number of benzene rings is 2. The first-order valence-electron chi connectivity index (χ1n) is 7.37. The minimum Gasteiger partial charge on any atom is -0.326 e. The van der Waals surface area contributed by atoms with E-state index in [1.54, 1.807) is 0 Å². The van der Waals surface area contributed by atoms with Gasteiger partial charge in [0.15, 0.2) is 6.54 Å². The molecule has 1 atom stereocenters. The fourth-order valence-corrected chi connectivity index (χ4v) is 2.65. The Morgan fingerprint density at radius 3 is 2.59 bits per heavy atom. The summed E-state index contributed by atoms with van der Waals surface area (Å²) in [5.74, 6) is 0.0107. The van der Waals surface area contributed by atoms with E-state index in [0.29, 0.717) is 6.54 Å². The molecule has 1 amide bonds. The molecular weight excluding hydrogens is 296 g/mol. The molecule has 0 radical (unpaired) electrons. The second kappa shape index (κ2) is 7.43. The number of rotatable bonds is 5. The molecule has 116 valence electrons. The zero-order chi connectivity index (χ0) is 16.1. The second-order valence-electron chi connectivity index (χ2n) is 5.77. The van der Waals surface area contributed by atoms with E-state index < -0.39 is 0 Å². The first-order chi connectivity index (χ1) is 10.5. The lowest BCUT2D eigenvalue weighted by molar-refractivity contribution is -0.885. The molecule has 1 unspecified atom stereocenters. The minimum atomic E-state index is 0.0107. The van der Waals surface area contributed by atoms with E-state index in [-0.39, 0.29) is 5.91 Å². The maximum atomic E-state index is 12.2. The number of anilines is 1. The van der Waals surface area contributed by atoms with Gasteiger partial charge in [-0.05, 0) is 31.5 Å².